The van der Waals surface area contributed by atoms with Crippen LogP contribution in [0.25, 0.3) is 27.5 Å². The molecule has 0 aliphatic rings. The molecule has 0 saturated heterocycles. The molecule has 10 heteroatoms. The van der Waals surface area contributed by atoms with Crippen LogP contribution in [0.4, 0.5) is 11.5 Å². The predicted molar refractivity (Wildman–Crippen MR) is 161 cm³/mol. The molecule has 10 nitrogen and oxygen atoms in total. The lowest BCUT2D eigenvalue weighted by Crippen LogP contribution is -2.28. The lowest BCUT2D eigenvalue weighted by molar-refractivity contribution is 0.102. The van der Waals surface area contributed by atoms with Crippen molar-refractivity contribution in [1.82, 2.24) is 14.5 Å². The van der Waals surface area contributed by atoms with Gasteiger partial charge in [-0.15, -0.1) is 0 Å². The number of anilines is 2. The standard InChI is InChI=1S/C32H25N5O5/c1-40-28-16-23-25(17-29(28)41-2)34-13-12-27(23)42-22-10-11-30(35-18-22)36-31(38)24-14-19-8-9-20(33)15-26(19)37(32(24)39)21-6-4-3-5-7-21/h3-18H,33H2,1-2H3,(H,35,36,38). The highest BCUT2D eigenvalue weighted by Gasteiger charge is 2.18. The maximum Gasteiger partial charge on any atom is 0.268 e. The number of nitrogens with zero attached hydrogens (tertiary/aromatic N) is 3. The van der Waals surface area contributed by atoms with Gasteiger partial charge < -0.3 is 25.3 Å². The van der Waals surface area contributed by atoms with Crippen molar-refractivity contribution in [2.75, 3.05) is 25.3 Å². The number of methoxy groups -OCH3 is 2. The van der Waals surface area contributed by atoms with Crippen LogP contribution in [0.3, 0.4) is 0 Å². The van der Waals surface area contributed by atoms with Crippen molar-refractivity contribution in [3.05, 3.63) is 113 Å². The molecule has 0 bridgehead atoms. The summed E-state index contributed by atoms with van der Waals surface area (Å²) in [6.45, 7) is 0. The van der Waals surface area contributed by atoms with Crippen molar-refractivity contribution in [2.24, 2.45) is 0 Å². The Labute approximate surface area is 239 Å². The third-order valence-electron chi connectivity index (χ3n) is 6.70. The molecule has 1 amide bonds. The maximum atomic E-state index is 13.6. The van der Waals surface area contributed by atoms with E-state index in [-0.39, 0.29) is 11.4 Å². The van der Waals surface area contributed by atoms with E-state index in [9.17, 15) is 9.59 Å². The van der Waals surface area contributed by atoms with Crippen molar-refractivity contribution in [3.8, 4) is 28.7 Å². The molecular formula is C32H25N5O5. The van der Waals surface area contributed by atoms with Crippen LogP contribution < -0.4 is 30.8 Å². The van der Waals surface area contributed by atoms with Crippen molar-refractivity contribution < 1.29 is 19.0 Å². The fourth-order valence-electron chi connectivity index (χ4n) is 4.68. The monoisotopic (exact) mass is 559 g/mol. The quantitative estimate of drug-likeness (QED) is 0.243. The van der Waals surface area contributed by atoms with Gasteiger partial charge in [0, 0.05) is 29.0 Å². The van der Waals surface area contributed by atoms with E-state index in [0.29, 0.717) is 50.8 Å². The van der Waals surface area contributed by atoms with E-state index in [2.05, 4.69) is 15.3 Å². The van der Waals surface area contributed by atoms with Gasteiger partial charge in [0.2, 0.25) is 0 Å². The molecule has 208 valence electrons. The second-order valence-electron chi connectivity index (χ2n) is 9.32. The van der Waals surface area contributed by atoms with Crippen LogP contribution in [-0.2, 0) is 0 Å². The van der Waals surface area contributed by atoms with Crippen LogP contribution in [0, 0.1) is 0 Å². The number of carbonyl (C=O) groups is 1. The van der Waals surface area contributed by atoms with Gasteiger partial charge in [-0.25, -0.2) is 4.98 Å². The zero-order valence-corrected chi connectivity index (χ0v) is 22.7. The van der Waals surface area contributed by atoms with Gasteiger partial charge in [0.05, 0.1) is 31.4 Å². The SMILES string of the molecule is COc1cc2nccc(Oc3ccc(NC(=O)c4cc5ccc(N)cc5n(-c5ccccc5)c4=O)nc3)c2cc1OC. The Bertz CT molecular complexity index is 2010. The number of hydrogen-bond acceptors (Lipinski definition) is 8. The summed E-state index contributed by atoms with van der Waals surface area (Å²) in [5.74, 6) is 1.74. The second-order valence-corrected chi connectivity index (χ2v) is 9.32. The van der Waals surface area contributed by atoms with Crippen LogP contribution in [0.5, 0.6) is 23.0 Å². The van der Waals surface area contributed by atoms with Gasteiger partial charge in [0.1, 0.15) is 22.9 Å². The minimum absolute atomic E-state index is 0.0362. The van der Waals surface area contributed by atoms with Crippen LogP contribution in [0.15, 0.2) is 102 Å². The summed E-state index contributed by atoms with van der Waals surface area (Å²) in [4.78, 5) is 35.6. The van der Waals surface area contributed by atoms with E-state index >= 15 is 0 Å². The van der Waals surface area contributed by atoms with Gasteiger partial charge in [-0.2, -0.15) is 0 Å². The van der Waals surface area contributed by atoms with Crippen molar-refractivity contribution in [3.63, 3.8) is 0 Å². The van der Waals surface area contributed by atoms with Gasteiger partial charge in [-0.05, 0) is 60.0 Å². The topological polar surface area (TPSA) is 131 Å². The molecule has 0 fully saturated rings. The molecule has 0 spiro atoms. The minimum Gasteiger partial charge on any atom is -0.493 e. The zero-order chi connectivity index (χ0) is 29.2. The fourth-order valence-corrected chi connectivity index (χ4v) is 4.68. The van der Waals surface area contributed by atoms with Gasteiger partial charge >= 0.3 is 0 Å². The summed E-state index contributed by atoms with van der Waals surface area (Å²) >= 11 is 0. The average molecular weight is 560 g/mol. The number of carbonyl (C=O) groups excluding carboxylic acids is 1. The number of nitrogen functional groups attached to an aromatic ring is 1. The van der Waals surface area contributed by atoms with Gasteiger partial charge in [-0.3, -0.25) is 19.1 Å². The predicted octanol–water partition coefficient (Wildman–Crippen LogP) is 5.58. The first kappa shape index (κ1) is 26.3. The number of pyridine rings is 3. The first-order valence-electron chi connectivity index (χ1n) is 12.9. The van der Waals surface area contributed by atoms with Crippen LogP contribution in [-0.4, -0.2) is 34.7 Å². The summed E-state index contributed by atoms with van der Waals surface area (Å²) in [6, 6.07) is 24.4. The van der Waals surface area contributed by atoms with E-state index in [0.717, 1.165) is 5.39 Å². The third kappa shape index (κ3) is 4.92. The Morgan fingerprint density at radius 3 is 2.38 bits per heavy atom. The lowest BCUT2D eigenvalue weighted by atomic mass is 10.1. The number of hydrogen-bond donors (Lipinski definition) is 2. The second kappa shape index (κ2) is 10.9. The zero-order valence-electron chi connectivity index (χ0n) is 22.7. The average Bonchev–Trinajstić information content (AvgIpc) is 3.01. The number of aromatic nitrogens is 3. The van der Waals surface area contributed by atoms with Gasteiger partial charge in [0.15, 0.2) is 11.5 Å². The molecule has 6 aromatic rings. The Kier molecular flexibility index (Phi) is 6.85. The molecule has 3 N–H and O–H groups in total. The molecule has 3 heterocycles. The largest absolute Gasteiger partial charge is 0.493 e. The maximum absolute atomic E-state index is 13.6. The van der Waals surface area contributed by atoms with Crippen LogP contribution in [0.1, 0.15) is 10.4 Å². The summed E-state index contributed by atoms with van der Waals surface area (Å²) in [5.41, 5.74) is 7.89. The number of ether oxygens (including phenoxy) is 3. The molecule has 0 radical (unpaired) electrons. The highest BCUT2D eigenvalue weighted by molar-refractivity contribution is 6.05. The summed E-state index contributed by atoms with van der Waals surface area (Å²) in [6.07, 6.45) is 3.11. The Morgan fingerprint density at radius 2 is 1.64 bits per heavy atom. The molecule has 0 aliphatic heterocycles. The Morgan fingerprint density at radius 1 is 0.857 bits per heavy atom. The normalized spacial score (nSPS) is 10.9. The molecule has 0 aliphatic carbocycles. The van der Waals surface area contributed by atoms with Crippen molar-refractivity contribution in [1.29, 1.82) is 0 Å². The lowest BCUT2D eigenvalue weighted by Gasteiger charge is -2.14. The third-order valence-corrected chi connectivity index (χ3v) is 6.70. The summed E-state index contributed by atoms with van der Waals surface area (Å²) < 4.78 is 18.3. The number of rotatable bonds is 7. The highest BCUT2D eigenvalue weighted by Crippen LogP contribution is 2.36. The van der Waals surface area contributed by atoms with Gasteiger partial charge in [-0.1, -0.05) is 24.3 Å². The van der Waals surface area contributed by atoms with E-state index in [1.54, 1.807) is 87.1 Å². The molecule has 0 unspecified atom stereocenters. The first-order valence-corrected chi connectivity index (χ1v) is 12.9. The summed E-state index contributed by atoms with van der Waals surface area (Å²) in [7, 11) is 3.12. The number of amides is 1. The molecule has 42 heavy (non-hydrogen) atoms. The molecule has 3 aromatic carbocycles. The van der Waals surface area contributed by atoms with Crippen molar-refractivity contribution in [2.45, 2.75) is 0 Å². The molecule has 6 rings (SSSR count). The van der Waals surface area contributed by atoms with E-state index in [1.807, 2.05) is 18.2 Å². The number of benzene rings is 3. The van der Waals surface area contributed by atoms with E-state index < -0.39 is 11.5 Å². The molecule has 3 aromatic heterocycles. The number of nitrogens with one attached hydrogen (secondary N) is 1. The van der Waals surface area contributed by atoms with Crippen LogP contribution in [0.2, 0.25) is 0 Å². The van der Waals surface area contributed by atoms with E-state index in [4.69, 9.17) is 19.9 Å². The molecule has 0 saturated carbocycles. The number of fused-ring (bicyclic) bond motifs is 2. The Hall–Kier alpha value is -5.90. The number of para-hydroxylation sites is 1. The van der Waals surface area contributed by atoms with Gasteiger partial charge in [0.25, 0.3) is 11.5 Å². The summed E-state index contributed by atoms with van der Waals surface area (Å²) in [5, 5.41) is 4.13. The number of nitrogens with two attached hydrogens (primary N) is 1. The molecular weight excluding hydrogens is 534 g/mol. The first-order chi connectivity index (χ1) is 20.4. The fraction of sp³-hybridized carbons (Fsp3) is 0.0625. The van der Waals surface area contributed by atoms with E-state index in [1.165, 1.54) is 10.8 Å². The van der Waals surface area contributed by atoms with Crippen LogP contribution >= 0.6 is 0 Å². The smallest absolute Gasteiger partial charge is 0.268 e. The minimum atomic E-state index is -0.592. The highest BCUT2D eigenvalue weighted by atomic mass is 16.5. The molecule has 0 atom stereocenters. The Balaban J connectivity index is 1.28. The van der Waals surface area contributed by atoms with Crippen molar-refractivity contribution >= 4 is 39.2 Å².